The molecule has 0 aromatic rings. The molecule has 58 heavy (non-hydrogen) atoms. The van der Waals surface area contributed by atoms with E-state index in [4.69, 9.17) is 9.47 Å². The summed E-state index contributed by atoms with van der Waals surface area (Å²) in [7, 11) is 0. The summed E-state index contributed by atoms with van der Waals surface area (Å²) in [6, 6.07) is -0.757. The summed E-state index contributed by atoms with van der Waals surface area (Å²) >= 11 is 0. The molecule has 7 atom stereocenters. The van der Waals surface area contributed by atoms with E-state index >= 15 is 0 Å². The first-order valence-corrected chi connectivity index (χ1v) is 23.8. The molecule has 0 aromatic heterocycles. The van der Waals surface area contributed by atoms with E-state index in [-0.39, 0.29) is 18.9 Å². The fourth-order valence-electron chi connectivity index (χ4n) is 7.41. The van der Waals surface area contributed by atoms with Crippen LogP contribution in [-0.4, -0.2) is 87.5 Å². The maximum atomic E-state index is 12.9. The molecular weight excluding hydrogens is 731 g/mol. The van der Waals surface area contributed by atoms with Crippen molar-refractivity contribution in [1.82, 2.24) is 5.32 Å². The summed E-state index contributed by atoms with van der Waals surface area (Å²) in [6.07, 6.45) is 42.9. The van der Waals surface area contributed by atoms with Crippen molar-refractivity contribution >= 4 is 5.91 Å². The Morgan fingerprint density at radius 1 is 0.603 bits per heavy atom. The predicted molar refractivity (Wildman–Crippen MR) is 239 cm³/mol. The summed E-state index contributed by atoms with van der Waals surface area (Å²) in [5, 5.41) is 54.3. The first kappa shape index (κ1) is 54.2. The summed E-state index contributed by atoms with van der Waals surface area (Å²) in [6.45, 7) is 3.67. The summed E-state index contributed by atoms with van der Waals surface area (Å²) < 4.78 is 11.2. The molecule has 0 bridgehead atoms. The fourth-order valence-corrected chi connectivity index (χ4v) is 7.41. The third kappa shape index (κ3) is 29.4. The van der Waals surface area contributed by atoms with Crippen LogP contribution in [0, 0.1) is 0 Å². The molecule has 0 spiro atoms. The minimum atomic E-state index is -1.57. The van der Waals surface area contributed by atoms with Gasteiger partial charge in [0.25, 0.3) is 0 Å². The van der Waals surface area contributed by atoms with Crippen molar-refractivity contribution < 1.29 is 39.8 Å². The van der Waals surface area contributed by atoms with Crippen molar-refractivity contribution in [3.05, 3.63) is 48.6 Å². The average molecular weight is 820 g/mol. The Bertz CT molecular complexity index is 1050. The van der Waals surface area contributed by atoms with E-state index in [1.165, 1.54) is 122 Å². The van der Waals surface area contributed by atoms with Gasteiger partial charge in [0, 0.05) is 6.42 Å². The quantitative estimate of drug-likeness (QED) is 0.0265. The molecular formula is C49H89NO8. The lowest BCUT2D eigenvalue weighted by atomic mass is 9.99. The summed E-state index contributed by atoms with van der Waals surface area (Å²) in [4.78, 5) is 12.9. The summed E-state index contributed by atoms with van der Waals surface area (Å²) in [5.74, 6) is -0.224. The molecule has 9 heteroatoms. The van der Waals surface area contributed by atoms with Crippen LogP contribution in [-0.2, 0) is 14.3 Å². The topological polar surface area (TPSA) is 149 Å². The largest absolute Gasteiger partial charge is 0.394 e. The number of rotatable bonds is 39. The molecule has 1 heterocycles. The molecule has 338 valence electrons. The standard InChI is InChI=1S/C49H89NO8/c1-3-5-7-9-11-13-15-17-18-19-20-21-22-23-24-25-27-28-30-32-34-36-38-43(52)42(41-57-49-48(56)47(55)46(54)44(40-51)58-49)50-45(53)39-37-35-33-31-29-26-16-14-12-10-8-6-4-2/h6,8,12,14,26,29,33,35,42-44,46-49,51-52,54-56H,3-5,7,9-11,13,15-25,27-28,30-32,34,36-41H2,1-2H3,(H,50,53)/b8-6-,14-12-,29-26-,35-33-. The van der Waals surface area contributed by atoms with Gasteiger partial charge < -0.3 is 40.3 Å². The van der Waals surface area contributed by atoms with Crippen LogP contribution < -0.4 is 5.32 Å². The molecule has 6 N–H and O–H groups in total. The molecule has 0 radical (unpaired) electrons. The number of ether oxygens (including phenoxy) is 2. The van der Waals surface area contributed by atoms with E-state index < -0.39 is 49.5 Å². The molecule has 9 nitrogen and oxygen atoms in total. The van der Waals surface area contributed by atoms with Crippen LogP contribution in [0.1, 0.15) is 200 Å². The number of nitrogens with one attached hydrogen (secondary N) is 1. The van der Waals surface area contributed by atoms with Gasteiger partial charge in [-0.1, -0.05) is 204 Å². The van der Waals surface area contributed by atoms with E-state index in [1.54, 1.807) is 0 Å². The van der Waals surface area contributed by atoms with Crippen molar-refractivity contribution in [1.29, 1.82) is 0 Å². The molecule has 0 saturated carbocycles. The average Bonchev–Trinajstić information content (AvgIpc) is 3.22. The highest BCUT2D eigenvalue weighted by Gasteiger charge is 2.44. The number of unbranched alkanes of at least 4 members (excludes halogenated alkanes) is 21. The van der Waals surface area contributed by atoms with Gasteiger partial charge in [-0.05, 0) is 38.5 Å². The molecule has 1 aliphatic heterocycles. The van der Waals surface area contributed by atoms with Gasteiger partial charge in [0.2, 0.25) is 5.91 Å². The van der Waals surface area contributed by atoms with Gasteiger partial charge in [-0.15, -0.1) is 0 Å². The maximum absolute atomic E-state index is 12.9. The zero-order chi connectivity index (χ0) is 42.3. The van der Waals surface area contributed by atoms with E-state index in [1.807, 2.05) is 12.2 Å². The number of carbonyl (C=O) groups excluding carboxylic acids is 1. The van der Waals surface area contributed by atoms with Gasteiger partial charge >= 0.3 is 0 Å². The Labute approximate surface area is 354 Å². The number of hydrogen-bond donors (Lipinski definition) is 6. The second-order valence-electron chi connectivity index (χ2n) is 16.5. The monoisotopic (exact) mass is 820 g/mol. The Morgan fingerprint density at radius 2 is 1.03 bits per heavy atom. The highest BCUT2D eigenvalue weighted by atomic mass is 16.7. The van der Waals surface area contributed by atoms with Crippen molar-refractivity contribution in [2.75, 3.05) is 13.2 Å². The van der Waals surface area contributed by atoms with Crippen LogP contribution in [0.25, 0.3) is 0 Å². The van der Waals surface area contributed by atoms with Gasteiger partial charge in [0.05, 0.1) is 25.4 Å². The van der Waals surface area contributed by atoms with Crippen LogP contribution >= 0.6 is 0 Å². The van der Waals surface area contributed by atoms with Gasteiger partial charge in [-0.25, -0.2) is 0 Å². The lowest BCUT2D eigenvalue weighted by Gasteiger charge is -2.40. The Hall–Kier alpha value is -1.85. The van der Waals surface area contributed by atoms with Crippen LogP contribution in [0.3, 0.4) is 0 Å². The number of carbonyl (C=O) groups is 1. The normalized spacial score (nSPS) is 21.3. The number of amides is 1. The highest BCUT2D eigenvalue weighted by Crippen LogP contribution is 2.23. The molecule has 1 rings (SSSR count). The minimum Gasteiger partial charge on any atom is -0.394 e. The zero-order valence-electron chi connectivity index (χ0n) is 37.0. The van der Waals surface area contributed by atoms with Gasteiger partial charge in [0.1, 0.15) is 24.4 Å². The van der Waals surface area contributed by atoms with Crippen LogP contribution in [0.5, 0.6) is 0 Å². The SMILES string of the molecule is CC/C=C\C/C=C\C/C=C\C/C=C\CCC(=O)NC(COC1OC(CO)C(O)C(O)C1O)C(O)CCCCCCCCCCCCCCCCCCCCCCCC. The number of hydrogen-bond acceptors (Lipinski definition) is 8. The zero-order valence-corrected chi connectivity index (χ0v) is 37.0. The molecule has 0 aliphatic carbocycles. The van der Waals surface area contributed by atoms with E-state index in [2.05, 4.69) is 55.6 Å². The third-order valence-electron chi connectivity index (χ3n) is 11.2. The third-order valence-corrected chi connectivity index (χ3v) is 11.2. The number of aliphatic hydroxyl groups excluding tert-OH is 5. The molecule has 1 fully saturated rings. The predicted octanol–water partition coefficient (Wildman–Crippen LogP) is 10.2. The number of allylic oxidation sites excluding steroid dienone is 8. The lowest BCUT2D eigenvalue weighted by Crippen LogP contribution is -2.60. The molecule has 1 amide bonds. The van der Waals surface area contributed by atoms with Gasteiger partial charge in [-0.2, -0.15) is 0 Å². The van der Waals surface area contributed by atoms with Crippen molar-refractivity contribution in [2.24, 2.45) is 0 Å². The molecule has 1 aliphatic rings. The van der Waals surface area contributed by atoms with Crippen LogP contribution in [0.4, 0.5) is 0 Å². The Kier molecular flexibility index (Phi) is 36.7. The summed E-state index contributed by atoms with van der Waals surface area (Å²) in [5.41, 5.74) is 0. The van der Waals surface area contributed by atoms with E-state index in [9.17, 15) is 30.3 Å². The second kappa shape index (κ2) is 39.3. The Morgan fingerprint density at radius 3 is 1.48 bits per heavy atom. The van der Waals surface area contributed by atoms with Crippen molar-refractivity contribution in [3.63, 3.8) is 0 Å². The first-order chi connectivity index (χ1) is 28.3. The van der Waals surface area contributed by atoms with Crippen LogP contribution in [0.15, 0.2) is 48.6 Å². The van der Waals surface area contributed by atoms with Crippen molar-refractivity contribution in [2.45, 2.75) is 243 Å². The number of aliphatic hydroxyl groups is 5. The van der Waals surface area contributed by atoms with Gasteiger partial charge in [-0.3, -0.25) is 4.79 Å². The highest BCUT2D eigenvalue weighted by molar-refractivity contribution is 5.76. The molecule has 0 aromatic carbocycles. The maximum Gasteiger partial charge on any atom is 0.220 e. The molecule has 7 unspecified atom stereocenters. The smallest absolute Gasteiger partial charge is 0.220 e. The first-order valence-electron chi connectivity index (χ1n) is 23.8. The van der Waals surface area contributed by atoms with E-state index in [0.717, 1.165) is 44.9 Å². The van der Waals surface area contributed by atoms with Crippen molar-refractivity contribution in [3.8, 4) is 0 Å². The minimum absolute atomic E-state index is 0.168. The molecule has 1 saturated heterocycles. The fraction of sp³-hybridized carbons (Fsp3) is 0.816. The second-order valence-corrected chi connectivity index (χ2v) is 16.5. The van der Waals surface area contributed by atoms with Gasteiger partial charge in [0.15, 0.2) is 6.29 Å². The van der Waals surface area contributed by atoms with E-state index in [0.29, 0.717) is 12.8 Å². The lowest BCUT2D eigenvalue weighted by molar-refractivity contribution is -0.302. The Balaban J connectivity index is 2.30. The van der Waals surface area contributed by atoms with Crippen LogP contribution in [0.2, 0.25) is 0 Å².